The van der Waals surface area contributed by atoms with Crippen molar-refractivity contribution in [2.75, 3.05) is 0 Å². The zero-order valence-corrected chi connectivity index (χ0v) is 19.4. The molecule has 0 saturated carbocycles. The Morgan fingerprint density at radius 1 is 1.12 bits per heavy atom. The first kappa shape index (κ1) is 23.1. The number of aromatic nitrogens is 3. The van der Waals surface area contributed by atoms with Crippen LogP contribution in [0.2, 0.25) is 0 Å². The van der Waals surface area contributed by atoms with Crippen molar-refractivity contribution in [2.45, 2.75) is 39.8 Å². The molecule has 8 heteroatoms. The number of aryl methyl sites for hydroxylation is 1. The van der Waals surface area contributed by atoms with E-state index >= 15 is 0 Å². The first-order chi connectivity index (χ1) is 16.3. The molecule has 0 aliphatic rings. The van der Waals surface area contributed by atoms with E-state index in [2.05, 4.69) is 20.3 Å². The molecule has 2 aromatic heterocycles. The second-order valence-electron chi connectivity index (χ2n) is 8.75. The van der Waals surface area contributed by atoms with Crippen molar-refractivity contribution >= 4 is 16.8 Å². The van der Waals surface area contributed by atoms with Gasteiger partial charge in [0.1, 0.15) is 18.1 Å². The summed E-state index contributed by atoms with van der Waals surface area (Å²) in [6.45, 7) is 6.34. The molecule has 0 aliphatic heterocycles. The third kappa shape index (κ3) is 5.28. The number of rotatable bonds is 8. The largest absolute Gasteiger partial charge is 0.493 e. The average Bonchev–Trinajstić information content (AvgIpc) is 3.14. The van der Waals surface area contributed by atoms with Gasteiger partial charge in [0.05, 0.1) is 11.6 Å². The smallest absolute Gasteiger partial charge is 0.326 e. The Morgan fingerprint density at radius 3 is 2.53 bits per heavy atom. The first-order valence-electron chi connectivity index (χ1n) is 11.2. The van der Waals surface area contributed by atoms with Gasteiger partial charge in [0, 0.05) is 22.2 Å². The molecule has 0 bridgehead atoms. The van der Waals surface area contributed by atoms with E-state index in [1.807, 2.05) is 51.1 Å². The van der Waals surface area contributed by atoms with Crippen molar-refractivity contribution < 1.29 is 14.6 Å². The third-order valence-electron chi connectivity index (χ3n) is 5.54. The Bertz CT molecular complexity index is 1360. The minimum absolute atomic E-state index is 0.229. The molecule has 2 heterocycles. The van der Waals surface area contributed by atoms with Crippen LogP contribution in [0, 0.1) is 12.8 Å². The van der Waals surface area contributed by atoms with Crippen LogP contribution in [0.25, 0.3) is 10.9 Å². The fourth-order valence-corrected chi connectivity index (χ4v) is 3.98. The van der Waals surface area contributed by atoms with E-state index in [-0.39, 0.29) is 23.4 Å². The Morgan fingerprint density at radius 2 is 1.85 bits per heavy atom. The first-order valence-corrected chi connectivity index (χ1v) is 11.2. The van der Waals surface area contributed by atoms with E-state index in [1.54, 1.807) is 24.3 Å². The summed E-state index contributed by atoms with van der Waals surface area (Å²) in [5.41, 5.74) is 3.10. The van der Waals surface area contributed by atoms with E-state index < -0.39 is 11.7 Å². The molecule has 2 aromatic carbocycles. The molecule has 8 nitrogen and oxygen atoms in total. The standard InChI is InChI=1S/C26H28N4O4/c1-15(2)12-22(23-25(32)30-26(33)29-23)28-24(31)17-8-10-19(11-9-17)34-14-18-13-16(3)27-21-7-5-4-6-20(18)21/h4-11,13,15,22,32H,12,14H2,1-3H3,(H,28,31)(H2,29,30,33). The van der Waals surface area contributed by atoms with Crippen LogP contribution in [0.3, 0.4) is 0 Å². The minimum Gasteiger partial charge on any atom is -0.493 e. The Kier molecular flexibility index (Phi) is 6.67. The normalized spacial score (nSPS) is 12.1. The highest BCUT2D eigenvalue weighted by atomic mass is 16.5. The van der Waals surface area contributed by atoms with Crippen molar-refractivity contribution in [3.63, 3.8) is 0 Å². The fourth-order valence-electron chi connectivity index (χ4n) is 3.98. The van der Waals surface area contributed by atoms with Gasteiger partial charge in [-0.1, -0.05) is 32.0 Å². The molecule has 34 heavy (non-hydrogen) atoms. The van der Waals surface area contributed by atoms with E-state index in [9.17, 15) is 14.7 Å². The average molecular weight is 461 g/mol. The van der Waals surface area contributed by atoms with Crippen LogP contribution in [-0.4, -0.2) is 26.0 Å². The summed E-state index contributed by atoms with van der Waals surface area (Å²) in [4.78, 5) is 33.8. The number of amides is 1. The van der Waals surface area contributed by atoms with Crippen LogP contribution < -0.4 is 15.7 Å². The number of fused-ring (bicyclic) bond motifs is 1. The van der Waals surface area contributed by atoms with E-state index in [4.69, 9.17) is 4.74 Å². The van der Waals surface area contributed by atoms with Crippen LogP contribution >= 0.6 is 0 Å². The van der Waals surface area contributed by atoms with Gasteiger partial charge in [-0.2, -0.15) is 0 Å². The molecule has 4 N–H and O–H groups in total. The molecule has 176 valence electrons. The number of hydrogen-bond acceptors (Lipinski definition) is 5. The van der Waals surface area contributed by atoms with Crippen LogP contribution in [0.1, 0.15) is 53.6 Å². The number of nitrogens with one attached hydrogen (secondary N) is 3. The van der Waals surface area contributed by atoms with Gasteiger partial charge in [-0.3, -0.25) is 14.8 Å². The van der Waals surface area contributed by atoms with Gasteiger partial charge >= 0.3 is 5.69 Å². The number of imidazole rings is 1. The molecule has 0 aliphatic carbocycles. The lowest BCUT2D eigenvalue weighted by atomic mass is 10.0. The van der Waals surface area contributed by atoms with Crippen molar-refractivity contribution in [1.29, 1.82) is 0 Å². The number of H-pyrrole nitrogens is 2. The number of aromatic amines is 2. The predicted molar refractivity (Wildman–Crippen MR) is 130 cm³/mol. The van der Waals surface area contributed by atoms with E-state index in [0.717, 1.165) is 22.2 Å². The summed E-state index contributed by atoms with van der Waals surface area (Å²) < 4.78 is 5.98. The van der Waals surface area contributed by atoms with E-state index in [0.29, 0.717) is 24.3 Å². The quantitative estimate of drug-likeness (QED) is 0.311. The summed E-state index contributed by atoms with van der Waals surface area (Å²) in [6, 6.07) is 16.3. The molecule has 0 fully saturated rings. The van der Waals surface area contributed by atoms with Crippen molar-refractivity contribution in [3.8, 4) is 11.6 Å². The van der Waals surface area contributed by atoms with Gasteiger partial charge in [0.15, 0.2) is 0 Å². The maximum Gasteiger partial charge on any atom is 0.326 e. The van der Waals surface area contributed by atoms with Crippen LogP contribution in [-0.2, 0) is 6.61 Å². The topological polar surface area (TPSA) is 120 Å². The van der Waals surface area contributed by atoms with Gasteiger partial charge in [-0.25, -0.2) is 4.79 Å². The highest BCUT2D eigenvalue weighted by Gasteiger charge is 2.22. The number of carbonyl (C=O) groups is 1. The Labute approximate surface area is 197 Å². The number of carbonyl (C=O) groups excluding carboxylic acids is 1. The van der Waals surface area contributed by atoms with E-state index in [1.165, 1.54) is 0 Å². The lowest BCUT2D eigenvalue weighted by Gasteiger charge is -2.19. The summed E-state index contributed by atoms with van der Waals surface area (Å²) in [6.07, 6.45) is 0.549. The maximum absolute atomic E-state index is 12.9. The maximum atomic E-state index is 12.9. The summed E-state index contributed by atoms with van der Waals surface area (Å²) >= 11 is 0. The Hall–Kier alpha value is -4.07. The van der Waals surface area contributed by atoms with Crippen LogP contribution in [0.15, 0.2) is 59.4 Å². The summed E-state index contributed by atoms with van der Waals surface area (Å²) in [7, 11) is 0. The van der Waals surface area contributed by atoms with Gasteiger partial charge < -0.3 is 20.1 Å². The number of aromatic hydroxyl groups is 1. The van der Waals surface area contributed by atoms with Crippen LogP contribution in [0.4, 0.5) is 0 Å². The number of nitrogens with zero attached hydrogens (tertiary/aromatic N) is 1. The second kappa shape index (κ2) is 9.82. The monoisotopic (exact) mass is 460 g/mol. The highest BCUT2D eigenvalue weighted by Crippen LogP contribution is 2.25. The van der Waals surface area contributed by atoms with Gasteiger partial charge in [-0.15, -0.1) is 0 Å². The molecule has 4 aromatic rings. The molecule has 4 rings (SSSR count). The minimum atomic E-state index is -0.536. The van der Waals surface area contributed by atoms with Gasteiger partial charge in [0.25, 0.3) is 5.91 Å². The molecule has 0 saturated heterocycles. The third-order valence-corrected chi connectivity index (χ3v) is 5.54. The van der Waals surface area contributed by atoms with Gasteiger partial charge in [-0.05, 0) is 55.7 Å². The van der Waals surface area contributed by atoms with Crippen LogP contribution in [0.5, 0.6) is 11.6 Å². The zero-order chi connectivity index (χ0) is 24.2. The number of benzene rings is 2. The molecule has 0 radical (unpaired) electrons. The molecule has 1 amide bonds. The van der Waals surface area contributed by atoms with Crippen molar-refractivity contribution in [1.82, 2.24) is 20.3 Å². The lowest BCUT2D eigenvalue weighted by molar-refractivity contribution is 0.0930. The zero-order valence-electron chi connectivity index (χ0n) is 19.4. The van der Waals surface area contributed by atoms with Gasteiger partial charge in [0.2, 0.25) is 5.88 Å². The second-order valence-corrected chi connectivity index (χ2v) is 8.75. The molecule has 0 spiro atoms. The number of para-hydroxylation sites is 1. The summed E-state index contributed by atoms with van der Waals surface area (Å²) in [5, 5.41) is 14.0. The Balaban J connectivity index is 1.45. The molecule has 1 unspecified atom stereocenters. The molecular weight excluding hydrogens is 432 g/mol. The number of ether oxygens (including phenoxy) is 1. The fraction of sp³-hybridized carbons (Fsp3) is 0.269. The van der Waals surface area contributed by atoms with Crippen molar-refractivity contribution in [2.24, 2.45) is 5.92 Å². The predicted octanol–water partition coefficient (Wildman–Crippen LogP) is 4.36. The highest BCUT2D eigenvalue weighted by molar-refractivity contribution is 5.94. The number of hydrogen-bond donors (Lipinski definition) is 4. The van der Waals surface area contributed by atoms with Crippen molar-refractivity contribution in [3.05, 3.63) is 87.6 Å². The lowest BCUT2D eigenvalue weighted by Crippen LogP contribution is -2.30. The SMILES string of the molecule is Cc1cc(COc2ccc(C(=O)NC(CC(C)C)c3[nH]c(=O)[nH]c3O)cc2)c2ccccc2n1. The summed E-state index contributed by atoms with van der Waals surface area (Å²) in [5.74, 6) is 0.293. The molecule has 1 atom stereocenters. The molecular formula is C26H28N4O4. The number of pyridine rings is 1.